The molecule has 22 heavy (non-hydrogen) atoms. The molecule has 4 nitrogen and oxygen atoms in total. The van der Waals surface area contributed by atoms with Crippen LogP contribution in [0.3, 0.4) is 0 Å². The number of hydrogen-bond acceptors (Lipinski definition) is 3. The van der Waals surface area contributed by atoms with Crippen LogP contribution in [-0.4, -0.2) is 24.8 Å². The summed E-state index contributed by atoms with van der Waals surface area (Å²) in [7, 11) is -1.67. The van der Waals surface area contributed by atoms with E-state index in [1.54, 1.807) is 27.7 Å². The van der Waals surface area contributed by atoms with Crippen molar-refractivity contribution in [3.05, 3.63) is 23.3 Å². The predicted molar refractivity (Wildman–Crippen MR) is 89.0 cm³/mol. The van der Waals surface area contributed by atoms with Gasteiger partial charge in [-0.25, -0.2) is 9.18 Å². The van der Waals surface area contributed by atoms with Crippen molar-refractivity contribution < 1.29 is 13.9 Å². The van der Waals surface area contributed by atoms with Crippen molar-refractivity contribution in [3.63, 3.8) is 0 Å². The highest BCUT2D eigenvalue weighted by Crippen LogP contribution is 2.20. The van der Waals surface area contributed by atoms with Gasteiger partial charge >= 0.3 is 6.09 Å². The second-order valence-electron chi connectivity index (χ2n) is 7.07. The number of ether oxygens (including phenoxy) is 1. The van der Waals surface area contributed by atoms with Crippen molar-refractivity contribution in [2.75, 3.05) is 5.32 Å². The summed E-state index contributed by atoms with van der Waals surface area (Å²) in [6.45, 7) is 13.0. The van der Waals surface area contributed by atoms with Crippen molar-refractivity contribution >= 4 is 19.9 Å². The molecule has 0 bridgehead atoms. The number of nitrogens with one attached hydrogen (secondary N) is 1. The van der Waals surface area contributed by atoms with Crippen molar-refractivity contribution in [3.8, 4) is 11.5 Å². The Kier molecular flexibility index (Phi) is 5.36. The molecule has 0 radical (unpaired) electrons. The summed E-state index contributed by atoms with van der Waals surface area (Å²) in [4.78, 5) is 15.8. The number of carbonyl (C=O) groups is 1. The SMILES string of the molecule is Cc1ncc(NC(=O)OC(C)(C)C)c(C#C[Si](C)(C)C)c1F. The zero-order chi connectivity index (χ0) is 17.1. The maximum atomic E-state index is 14.3. The average molecular weight is 322 g/mol. The van der Waals surface area contributed by atoms with Crippen LogP contribution in [0.1, 0.15) is 32.0 Å². The molecule has 1 N–H and O–H groups in total. The Bertz CT molecular complexity index is 635. The van der Waals surface area contributed by atoms with Crippen LogP contribution in [0.4, 0.5) is 14.9 Å². The molecule has 1 aromatic heterocycles. The third-order valence-corrected chi connectivity index (χ3v) is 3.27. The average Bonchev–Trinajstić information content (AvgIpc) is 2.29. The van der Waals surface area contributed by atoms with Gasteiger partial charge in [0.15, 0.2) is 5.82 Å². The Morgan fingerprint density at radius 3 is 2.45 bits per heavy atom. The number of rotatable bonds is 1. The van der Waals surface area contributed by atoms with E-state index in [0.29, 0.717) is 0 Å². The number of hydrogen-bond donors (Lipinski definition) is 1. The van der Waals surface area contributed by atoms with Crippen molar-refractivity contribution in [2.45, 2.75) is 52.9 Å². The molecular weight excluding hydrogens is 299 g/mol. The smallest absolute Gasteiger partial charge is 0.412 e. The molecule has 0 aromatic carbocycles. The fraction of sp³-hybridized carbons (Fsp3) is 0.500. The Morgan fingerprint density at radius 1 is 1.36 bits per heavy atom. The van der Waals surface area contributed by atoms with E-state index in [4.69, 9.17) is 4.74 Å². The molecule has 1 heterocycles. The number of nitrogens with zero attached hydrogens (tertiary/aromatic N) is 1. The lowest BCUT2D eigenvalue weighted by Gasteiger charge is -2.20. The Hall–Kier alpha value is -1.87. The highest BCUT2D eigenvalue weighted by Gasteiger charge is 2.19. The zero-order valence-electron chi connectivity index (χ0n) is 14.2. The van der Waals surface area contributed by atoms with Crippen LogP contribution >= 0.6 is 0 Å². The van der Waals surface area contributed by atoms with Crippen LogP contribution in [-0.2, 0) is 4.74 Å². The molecule has 6 heteroatoms. The second kappa shape index (κ2) is 6.49. The number of aryl methyl sites for hydroxylation is 1. The van der Waals surface area contributed by atoms with Crippen molar-refractivity contribution in [2.24, 2.45) is 0 Å². The lowest BCUT2D eigenvalue weighted by Crippen LogP contribution is -2.27. The van der Waals surface area contributed by atoms with E-state index in [9.17, 15) is 9.18 Å². The molecule has 0 spiro atoms. The van der Waals surface area contributed by atoms with Crippen LogP contribution in [0.2, 0.25) is 19.6 Å². The molecule has 0 aliphatic carbocycles. The highest BCUT2D eigenvalue weighted by molar-refractivity contribution is 6.83. The summed E-state index contributed by atoms with van der Waals surface area (Å²) in [6, 6.07) is 0. The van der Waals surface area contributed by atoms with E-state index in [0.717, 1.165) is 0 Å². The Balaban J connectivity index is 3.17. The number of halogens is 1. The molecule has 1 aromatic rings. The summed E-state index contributed by atoms with van der Waals surface area (Å²) in [5, 5.41) is 2.52. The minimum Gasteiger partial charge on any atom is -0.444 e. The third kappa shape index (κ3) is 5.86. The number of aromatic nitrogens is 1. The standard InChI is InChI=1S/C16H23FN2O2Si/c1-11-14(17)12(8-9-22(5,6)7)13(10-18-11)19-15(20)21-16(2,3)4/h10H,1-7H3,(H,19,20). The normalized spacial score (nSPS) is 11.5. The number of anilines is 1. The molecule has 1 amide bonds. The minimum atomic E-state index is -1.67. The van der Waals surface area contributed by atoms with Crippen LogP contribution in [0, 0.1) is 24.2 Å². The largest absolute Gasteiger partial charge is 0.444 e. The molecule has 120 valence electrons. The highest BCUT2D eigenvalue weighted by atomic mass is 28.3. The van der Waals surface area contributed by atoms with E-state index in [2.05, 4.69) is 41.4 Å². The van der Waals surface area contributed by atoms with E-state index in [1.807, 2.05) is 0 Å². The van der Waals surface area contributed by atoms with Gasteiger partial charge < -0.3 is 4.74 Å². The zero-order valence-corrected chi connectivity index (χ0v) is 15.2. The fourth-order valence-corrected chi connectivity index (χ4v) is 1.96. The molecule has 0 aliphatic rings. The summed E-state index contributed by atoms with van der Waals surface area (Å²) in [5.41, 5.74) is 3.09. The fourth-order valence-electron chi connectivity index (χ4n) is 1.46. The maximum absolute atomic E-state index is 14.3. The first-order valence-electron chi connectivity index (χ1n) is 7.07. The van der Waals surface area contributed by atoms with Crippen LogP contribution < -0.4 is 5.32 Å². The quantitative estimate of drug-likeness (QED) is 0.625. The molecule has 0 saturated carbocycles. The first kappa shape index (κ1) is 18.2. The van der Waals surface area contributed by atoms with Gasteiger partial charge in [0, 0.05) is 0 Å². The van der Waals surface area contributed by atoms with Crippen LogP contribution in [0.25, 0.3) is 0 Å². The molecule has 0 fully saturated rings. The monoisotopic (exact) mass is 322 g/mol. The first-order chi connectivity index (χ1) is 9.89. The number of carbonyl (C=O) groups excluding carboxylic acids is 1. The minimum absolute atomic E-state index is 0.154. The molecule has 0 saturated heterocycles. The van der Waals surface area contributed by atoms with Crippen LogP contribution in [0.15, 0.2) is 6.20 Å². The van der Waals surface area contributed by atoms with Gasteiger partial charge in [-0.15, -0.1) is 5.54 Å². The summed E-state index contributed by atoms with van der Waals surface area (Å²) >= 11 is 0. The van der Waals surface area contributed by atoms with Crippen molar-refractivity contribution in [1.82, 2.24) is 4.98 Å². The molecule has 0 unspecified atom stereocenters. The first-order valence-corrected chi connectivity index (χ1v) is 10.6. The second-order valence-corrected chi connectivity index (χ2v) is 11.8. The number of pyridine rings is 1. The van der Waals surface area contributed by atoms with Crippen molar-refractivity contribution in [1.29, 1.82) is 0 Å². The molecule has 1 rings (SSSR count). The number of amides is 1. The topological polar surface area (TPSA) is 51.2 Å². The third-order valence-electron chi connectivity index (χ3n) is 2.39. The van der Waals surface area contributed by atoms with Gasteiger partial charge in [-0.2, -0.15) is 0 Å². The predicted octanol–water partition coefficient (Wildman–Crippen LogP) is 4.11. The van der Waals surface area contributed by atoms with Gasteiger partial charge in [0.1, 0.15) is 13.7 Å². The maximum Gasteiger partial charge on any atom is 0.412 e. The lowest BCUT2D eigenvalue weighted by atomic mass is 10.2. The molecule has 0 atom stereocenters. The Morgan fingerprint density at radius 2 is 1.95 bits per heavy atom. The van der Waals surface area contributed by atoms with Gasteiger partial charge in [0.05, 0.1) is 23.1 Å². The summed E-state index contributed by atoms with van der Waals surface area (Å²) in [6.07, 6.45) is 0.741. The van der Waals surface area contributed by atoms with Gasteiger partial charge in [-0.05, 0) is 27.7 Å². The molecule has 0 aliphatic heterocycles. The van der Waals surface area contributed by atoms with E-state index < -0.39 is 25.6 Å². The summed E-state index contributed by atoms with van der Waals surface area (Å²) in [5.74, 6) is 2.34. The lowest BCUT2D eigenvalue weighted by molar-refractivity contribution is 0.0636. The van der Waals surface area contributed by atoms with Gasteiger partial charge in [-0.1, -0.05) is 25.6 Å². The van der Waals surface area contributed by atoms with E-state index in [-0.39, 0.29) is 16.9 Å². The van der Waals surface area contributed by atoms with Gasteiger partial charge in [-0.3, -0.25) is 10.3 Å². The Labute approximate surface area is 132 Å². The van der Waals surface area contributed by atoms with E-state index in [1.165, 1.54) is 6.20 Å². The van der Waals surface area contributed by atoms with Gasteiger partial charge in [0.2, 0.25) is 0 Å². The van der Waals surface area contributed by atoms with Gasteiger partial charge in [0.25, 0.3) is 0 Å². The molecular formula is C16H23FN2O2Si. The summed E-state index contributed by atoms with van der Waals surface area (Å²) < 4.78 is 19.5. The van der Waals surface area contributed by atoms with E-state index >= 15 is 0 Å². The van der Waals surface area contributed by atoms with Crippen LogP contribution in [0.5, 0.6) is 0 Å².